The van der Waals surface area contributed by atoms with E-state index in [9.17, 15) is 4.79 Å². The summed E-state index contributed by atoms with van der Waals surface area (Å²) in [6, 6.07) is 0.655. The highest BCUT2D eigenvalue weighted by atomic mass is 16.3. The number of ketones is 1. The summed E-state index contributed by atoms with van der Waals surface area (Å²) in [7, 11) is 0. The quantitative estimate of drug-likeness (QED) is 0.498. The van der Waals surface area contributed by atoms with Crippen LogP contribution in [0.15, 0.2) is 0 Å². The molecule has 0 amide bonds. The molecule has 3 heteroatoms. The topological polar surface area (TPSA) is 49.3 Å². The molecule has 0 aliphatic carbocycles. The van der Waals surface area contributed by atoms with E-state index in [1.54, 1.807) is 0 Å². The van der Waals surface area contributed by atoms with E-state index in [4.69, 9.17) is 5.11 Å². The number of carbonyl (C=O) groups is 1. The van der Waals surface area contributed by atoms with Crippen molar-refractivity contribution in [3.05, 3.63) is 6.04 Å². The molecule has 0 aromatic heterocycles. The number of aliphatic hydroxyl groups excluding tert-OH is 1. The van der Waals surface area contributed by atoms with Crippen molar-refractivity contribution in [3.63, 3.8) is 0 Å². The highest BCUT2D eigenvalue weighted by Gasteiger charge is 2.25. The van der Waals surface area contributed by atoms with Gasteiger partial charge in [0.2, 0.25) is 0 Å². The summed E-state index contributed by atoms with van der Waals surface area (Å²) in [4.78, 5) is 10.6. The van der Waals surface area contributed by atoms with Gasteiger partial charge in [-0.3, -0.25) is 4.79 Å². The van der Waals surface area contributed by atoms with Gasteiger partial charge in [0.1, 0.15) is 6.04 Å². The number of Topliss-reactive ketones (excluding diaryl/α,β-unsaturated/α-hetero) is 1. The number of hydrogen-bond acceptors (Lipinski definition) is 3. The molecule has 0 aromatic rings. The Kier molecular flexibility index (Phi) is 1.83. The van der Waals surface area contributed by atoms with Gasteiger partial charge in [0, 0.05) is 13.0 Å². The number of aliphatic hydroxyl groups is 1. The molecule has 0 saturated carbocycles. The van der Waals surface area contributed by atoms with Gasteiger partial charge in [0.05, 0.1) is 6.10 Å². The van der Waals surface area contributed by atoms with E-state index in [0.29, 0.717) is 19.0 Å². The van der Waals surface area contributed by atoms with Gasteiger partial charge < -0.3 is 10.4 Å². The van der Waals surface area contributed by atoms with E-state index >= 15 is 0 Å². The minimum atomic E-state index is -0.358. The van der Waals surface area contributed by atoms with Crippen LogP contribution in [-0.4, -0.2) is 23.5 Å². The highest BCUT2D eigenvalue weighted by molar-refractivity contribution is 5.89. The second kappa shape index (κ2) is 2.45. The van der Waals surface area contributed by atoms with Crippen LogP contribution in [0.5, 0.6) is 0 Å². The van der Waals surface area contributed by atoms with Gasteiger partial charge in [-0.25, -0.2) is 0 Å². The minimum absolute atomic E-state index is 0.0338. The second-order valence-electron chi connectivity index (χ2n) is 2.27. The lowest BCUT2D eigenvalue weighted by Gasteiger charge is -2.00. The van der Waals surface area contributed by atoms with Crippen LogP contribution in [-0.2, 0) is 4.79 Å². The first kappa shape index (κ1) is 6.71. The zero-order valence-corrected chi connectivity index (χ0v) is 5.35. The summed E-state index contributed by atoms with van der Waals surface area (Å²) in [5, 5.41) is 11.7. The summed E-state index contributed by atoms with van der Waals surface area (Å²) in [5.74, 6) is 0.0338. The van der Waals surface area contributed by atoms with Crippen LogP contribution in [0.1, 0.15) is 13.3 Å². The van der Waals surface area contributed by atoms with Crippen molar-refractivity contribution in [3.8, 4) is 0 Å². The maximum Gasteiger partial charge on any atom is 0.152 e. The summed E-state index contributed by atoms with van der Waals surface area (Å²) < 4.78 is 0. The number of β-amino-alcohol motifs (C(OH)–C–C–N with tert-alkyl or cyclic N) is 1. The molecule has 1 saturated heterocycles. The van der Waals surface area contributed by atoms with E-state index in [0.717, 1.165) is 0 Å². The SMILES string of the molecule is CC(=O)[C]1C[C@@H](O)CN1. The maximum absolute atomic E-state index is 10.6. The van der Waals surface area contributed by atoms with Gasteiger partial charge in [0.15, 0.2) is 5.78 Å². The van der Waals surface area contributed by atoms with Crippen molar-refractivity contribution < 1.29 is 9.90 Å². The Morgan fingerprint density at radius 3 is 2.78 bits per heavy atom. The lowest BCUT2D eigenvalue weighted by molar-refractivity contribution is -0.115. The van der Waals surface area contributed by atoms with Crippen LogP contribution in [0, 0.1) is 6.04 Å². The molecule has 1 fully saturated rings. The van der Waals surface area contributed by atoms with Crippen molar-refractivity contribution in [1.29, 1.82) is 0 Å². The lowest BCUT2D eigenvalue weighted by atomic mass is 10.1. The molecular formula is C6H10NO2. The molecule has 0 bridgehead atoms. The van der Waals surface area contributed by atoms with Gasteiger partial charge >= 0.3 is 0 Å². The molecule has 1 heterocycles. The molecule has 0 unspecified atom stereocenters. The average molecular weight is 128 g/mol. The minimum Gasteiger partial charge on any atom is -0.392 e. The summed E-state index contributed by atoms with van der Waals surface area (Å²) >= 11 is 0. The molecule has 9 heavy (non-hydrogen) atoms. The van der Waals surface area contributed by atoms with Crippen LogP contribution in [0.2, 0.25) is 0 Å². The Hall–Kier alpha value is -0.410. The smallest absolute Gasteiger partial charge is 0.152 e. The third-order valence-corrected chi connectivity index (χ3v) is 1.42. The van der Waals surface area contributed by atoms with Crippen LogP contribution < -0.4 is 5.32 Å². The predicted octanol–water partition coefficient (Wildman–Crippen LogP) is -0.538. The number of nitrogens with one attached hydrogen (secondary N) is 1. The first-order valence-electron chi connectivity index (χ1n) is 2.99. The first-order chi connectivity index (χ1) is 4.20. The van der Waals surface area contributed by atoms with Crippen LogP contribution >= 0.6 is 0 Å². The summed E-state index contributed by atoms with van der Waals surface area (Å²) in [6.07, 6.45) is 0.138. The van der Waals surface area contributed by atoms with E-state index < -0.39 is 0 Å². The molecule has 2 N–H and O–H groups in total. The fourth-order valence-corrected chi connectivity index (χ4v) is 0.889. The fraction of sp³-hybridized carbons (Fsp3) is 0.667. The highest BCUT2D eigenvalue weighted by Crippen LogP contribution is 2.13. The molecule has 1 aliphatic rings. The van der Waals surface area contributed by atoms with E-state index in [-0.39, 0.29) is 11.9 Å². The van der Waals surface area contributed by atoms with Crippen LogP contribution in [0.4, 0.5) is 0 Å². The Bertz CT molecular complexity index is 124. The van der Waals surface area contributed by atoms with Gasteiger partial charge in [-0.15, -0.1) is 0 Å². The molecule has 0 spiro atoms. The van der Waals surface area contributed by atoms with Crippen molar-refractivity contribution in [2.75, 3.05) is 6.54 Å². The molecule has 0 aromatic carbocycles. The van der Waals surface area contributed by atoms with E-state index in [2.05, 4.69) is 5.32 Å². The summed E-state index contributed by atoms with van der Waals surface area (Å²) in [6.45, 7) is 2.02. The second-order valence-corrected chi connectivity index (χ2v) is 2.27. The van der Waals surface area contributed by atoms with E-state index in [1.807, 2.05) is 0 Å². The zero-order chi connectivity index (χ0) is 6.85. The monoisotopic (exact) mass is 128 g/mol. The van der Waals surface area contributed by atoms with Crippen molar-refractivity contribution in [1.82, 2.24) is 5.32 Å². The summed E-state index contributed by atoms with van der Waals surface area (Å²) in [5.41, 5.74) is 0. The third kappa shape index (κ3) is 1.50. The predicted molar refractivity (Wildman–Crippen MR) is 32.6 cm³/mol. The van der Waals surface area contributed by atoms with Crippen molar-refractivity contribution in [2.24, 2.45) is 0 Å². The van der Waals surface area contributed by atoms with Crippen molar-refractivity contribution in [2.45, 2.75) is 19.4 Å². The third-order valence-electron chi connectivity index (χ3n) is 1.42. The van der Waals surface area contributed by atoms with Crippen molar-refractivity contribution >= 4 is 5.78 Å². The van der Waals surface area contributed by atoms with Crippen LogP contribution in [0.25, 0.3) is 0 Å². The standard InChI is InChI=1S/C6H10NO2/c1-4(8)6-2-5(9)3-7-6/h5,7,9H,2-3H2,1H3/t5-/m1/s1. The largest absolute Gasteiger partial charge is 0.392 e. The van der Waals surface area contributed by atoms with Gasteiger partial charge in [0.25, 0.3) is 0 Å². The maximum atomic E-state index is 10.6. The Morgan fingerprint density at radius 2 is 2.56 bits per heavy atom. The molecular weight excluding hydrogens is 118 g/mol. The fourth-order valence-electron chi connectivity index (χ4n) is 0.889. The van der Waals surface area contributed by atoms with Crippen LogP contribution in [0.3, 0.4) is 0 Å². The Balaban J connectivity index is 2.39. The molecule has 1 rings (SSSR count). The lowest BCUT2D eigenvalue weighted by Crippen LogP contribution is -2.19. The molecule has 1 atom stereocenters. The average Bonchev–Trinajstić information content (AvgIpc) is 2.14. The Morgan fingerprint density at radius 1 is 1.89 bits per heavy atom. The number of carbonyl (C=O) groups excluding carboxylic acids is 1. The molecule has 1 aliphatic heterocycles. The normalized spacial score (nSPS) is 28.9. The first-order valence-corrected chi connectivity index (χ1v) is 2.99. The van der Waals surface area contributed by atoms with E-state index in [1.165, 1.54) is 6.92 Å². The Labute approximate surface area is 54.1 Å². The number of rotatable bonds is 1. The molecule has 1 radical (unpaired) electrons. The van der Waals surface area contributed by atoms with Gasteiger partial charge in [-0.05, 0) is 6.92 Å². The van der Waals surface area contributed by atoms with Gasteiger partial charge in [-0.2, -0.15) is 0 Å². The molecule has 51 valence electrons. The number of hydrogen-bond donors (Lipinski definition) is 2. The molecule has 3 nitrogen and oxygen atoms in total. The zero-order valence-electron chi connectivity index (χ0n) is 5.35. The van der Waals surface area contributed by atoms with Gasteiger partial charge in [-0.1, -0.05) is 0 Å².